The number of hydrogen-bond acceptors (Lipinski definition) is 3. The summed E-state index contributed by atoms with van der Waals surface area (Å²) in [5.74, 6) is 2.58. The number of unbranched alkanes of at least 4 members (excludes halogenated alkanes) is 1. The number of esters is 1. The van der Waals surface area contributed by atoms with Gasteiger partial charge in [-0.25, -0.2) is 4.39 Å². The molecule has 182 valence electrons. The van der Waals surface area contributed by atoms with Crippen molar-refractivity contribution >= 4 is 5.97 Å². The quantitative estimate of drug-likeness (QED) is 0.402. The number of fused-ring (bicyclic) bond motifs is 5. The second-order valence-corrected chi connectivity index (χ2v) is 10.9. The molecule has 0 radical (unpaired) electrons. The first kappa shape index (κ1) is 23.4. The molecular weight excluding hydrogens is 427 g/mol. The molecule has 2 aromatic carbocycles. The van der Waals surface area contributed by atoms with Gasteiger partial charge in [0, 0.05) is 11.8 Å². The van der Waals surface area contributed by atoms with Gasteiger partial charge in [-0.05, 0) is 104 Å². The highest BCUT2D eigenvalue weighted by atomic mass is 19.1. The molecule has 3 nitrogen and oxygen atoms in total. The third-order valence-electron chi connectivity index (χ3n) is 8.94. The third-order valence-corrected chi connectivity index (χ3v) is 8.94. The Labute approximate surface area is 203 Å². The number of ether oxygens (including phenoxy) is 2. The fourth-order valence-electron chi connectivity index (χ4n) is 7.08. The smallest absolute Gasteiger partial charge is 0.306 e. The van der Waals surface area contributed by atoms with Crippen molar-refractivity contribution in [3.05, 3.63) is 65.0 Å². The number of benzene rings is 2. The number of halogens is 1. The molecule has 5 unspecified atom stereocenters. The van der Waals surface area contributed by atoms with Crippen molar-refractivity contribution in [1.29, 1.82) is 0 Å². The van der Waals surface area contributed by atoms with Crippen molar-refractivity contribution < 1.29 is 18.7 Å². The minimum Gasteiger partial charge on any atom is -0.489 e. The number of rotatable bonds is 7. The van der Waals surface area contributed by atoms with E-state index < -0.39 is 0 Å². The van der Waals surface area contributed by atoms with Gasteiger partial charge in [-0.2, -0.15) is 0 Å². The van der Waals surface area contributed by atoms with E-state index in [1.807, 2.05) is 0 Å². The highest BCUT2D eigenvalue weighted by Gasteiger charge is 2.56. The fourth-order valence-corrected chi connectivity index (χ4v) is 7.08. The first-order valence-corrected chi connectivity index (χ1v) is 13.2. The number of hydrogen-bond donors (Lipinski definition) is 0. The molecule has 0 bridgehead atoms. The van der Waals surface area contributed by atoms with Gasteiger partial charge in [-0.3, -0.25) is 4.79 Å². The summed E-state index contributed by atoms with van der Waals surface area (Å²) < 4.78 is 25.2. The van der Waals surface area contributed by atoms with Crippen LogP contribution in [-0.4, -0.2) is 12.1 Å². The van der Waals surface area contributed by atoms with Gasteiger partial charge in [0.05, 0.1) is 0 Å². The second-order valence-electron chi connectivity index (χ2n) is 10.9. The molecule has 34 heavy (non-hydrogen) atoms. The zero-order valence-electron chi connectivity index (χ0n) is 20.5. The Kier molecular flexibility index (Phi) is 6.68. The van der Waals surface area contributed by atoms with Crippen LogP contribution in [0.2, 0.25) is 0 Å². The van der Waals surface area contributed by atoms with Crippen LogP contribution in [0.5, 0.6) is 5.75 Å². The summed E-state index contributed by atoms with van der Waals surface area (Å²) >= 11 is 0. The monoisotopic (exact) mass is 464 g/mol. The highest BCUT2D eigenvalue weighted by molar-refractivity contribution is 5.69. The maximum atomic E-state index is 13.1. The van der Waals surface area contributed by atoms with Gasteiger partial charge in [-0.1, -0.05) is 38.5 Å². The van der Waals surface area contributed by atoms with Gasteiger partial charge in [0.2, 0.25) is 0 Å². The lowest BCUT2D eigenvalue weighted by molar-refractivity contribution is -0.157. The Hall–Kier alpha value is -2.36. The van der Waals surface area contributed by atoms with Crippen molar-refractivity contribution in [3.8, 4) is 5.75 Å². The Morgan fingerprint density at radius 3 is 2.71 bits per heavy atom. The summed E-state index contributed by atoms with van der Waals surface area (Å²) in [5, 5.41) is 0. The Morgan fingerprint density at radius 1 is 1.09 bits per heavy atom. The molecule has 5 atom stereocenters. The Bertz CT molecular complexity index is 1020. The molecule has 0 N–H and O–H groups in total. The molecule has 3 aliphatic rings. The molecule has 0 heterocycles. The zero-order valence-corrected chi connectivity index (χ0v) is 20.5. The standard InChI is InChI=1S/C30H37FO3/c1-3-4-5-29(32)34-28-15-14-27-26-12-8-21-18-23(33-19-20-6-9-22(31)10-7-20)11-13-24(21)25(26)16-17-30(27,28)2/h6-7,9-11,13,18,25-28H,3-5,8,12,14-17,19H2,1-2H3. The maximum Gasteiger partial charge on any atom is 0.306 e. The van der Waals surface area contributed by atoms with Crippen molar-refractivity contribution in [2.75, 3.05) is 0 Å². The minimum atomic E-state index is -0.223. The van der Waals surface area contributed by atoms with Gasteiger partial charge in [0.25, 0.3) is 0 Å². The number of carbonyl (C=O) groups excluding carboxylic acids is 1. The van der Waals surface area contributed by atoms with Crippen LogP contribution < -0.4 is 4.74 Å². The normalized spacial score (nSPS) is 29.6. The van der Waals surface area contributed by atoms with Gasteiger partial charge >= 0.3 is 5.97 Å². The highest BCUT2D eigenvalue weighted by Crippen LogP contribution is 2.61. The summed E-state index contributed by atoms with van der Waals surface area (Å²) in [6.45, 7) is 4.95. The van der Waals surface area contributed by atoms with E-state index in [0.29, 0.717) is 30.8 Å². The van der Waals surface area contributed by atoms with E-state index in [-0.39, 0.29) is 23.3 Å². The minimum absolute atomic E-state index is 0.00185. The second kappa shape index (κ2) is 9.71. The van der Waals surface area contributed by atoms with Gasteiger partial charge in [-0.15, -0.1) is 0 Å². The van der Waals surface area contributed by atoms with Crippen LogP contribution in [-0.2, 0) is 22.6 Å². The van der Waals surface area contributed by atoms with E-state index in [0.717, 1.165) is 43.4 Å². The van der Waals surface area contributed by atoms with E-state index in [9.17, 15) is 9.18 Å². The lowest BCUT2D eigenvalue weighted by atomic mass is 9.55. The van der Waals surface area contributed by atoms with E-state index in [1.54, 1.807) is 12.1 Å². The SMILES string of the molecule is CCCCC(=O)OC1CCC2C3CCc4cc(OCc5ccc(F)cc5)ccc4C3CCC12C. The molecule has 0 aliphatic heterocycles. The van der Waals surface area contributed by atoms with Crippen molar-refractivity contribution in [3.63, 3.8) is 0 Å². The van der Waals surface area contributed by atoms with Crippen LogP contribution in [0.1, 0.15) is 87.8 Å². The lowest BCUT2D eigenvalue weighted by Crippen LogP contribution is -2.45. The Balaban J connectivity index is 1.25. The van der Waals surface area contributed by atoms with E-state index in [1.165, 1.54) is 42.5 Å². The summed E-state index contributed by atoms with van der Waals surface area (Å²) in [5.41, 5.74) is 4.01. The first-order chi connectivity index (χ1) is 16.5. The molecule has 0 aromatic heterocycles. The lowest BCUT2D eigenvalue weighted by Gasteiger charge is -2.50. The summed E-state index contributed by atoms with van der Waals surface area (Å²) in [6, 6.07) is 13.1. The maximum absolute atomic E-state index is 13.1. The number of carbonyl (C=O) groups is 1. The predicted molar refractivity (Wildman–Crippen MR) is 131 cm³/mol. The fraction of sp³-hybridized carbons (Fsp3) is 0.567. The Morgan fingerprint density at radius 2 is 1.91 bits per heavy atom. The summed E-state index contributed by atoms with van der Waals surface area (Å²) in [7, 11) is 0. The average molecular weight is 465 g/mol. The molecule has 3 aliphatic carbocycles. The third kappa shape index (κ3) is 4.48. The molecular formula is C30H37FO3. The molecule has 0 amide bonds. The van der Waals surface area contributed by atoms with Gasteiger partial charge < -0.3 is 9.47 Å². The van der Waals surface area contributed by atoms with Crippen LogP contribution in [0.4, 0.5) is 4.39 Å². The zero-order chi connectivity index (χ0) is 23.7. The topological polar surface area (TPSA) is 35.5 Å². The van der Waals surface area contributed by atoms with Crippen molar-refractivity contribution in [2.24, 2.45) is 17.3 Å². The van der Waals surface area contributed by atoms with Crippen LogP contribution in [0, 0.1) is 23.1 Å². The molecule has 0 spiro atoms. The van der Waals surface area contributed by atoms with Crippen molar-refractivity contribution in [2.45, 2.75) is 90.3 Å². The largest absolute Gasteiger partial charge is 0.489 e. The van der Waals surface area contributed by atoms with E-state index >= 15 is 0 Å². The molecule has 5 rings (SSSR count). The van der Waals surface area contributed by atoms with Crippen LogP contribution >= 0.6 is 0 Å². The van der Waals surface area contributed by atoms with Crippen molar-refractivity contribution in [1.82, 2.24) is 0 Å². The summed E-state index contributed by atoms with van der Waals surface area (Å²) in [6.07, 6.45) is 9.38. The molecule has 4 heteroatoms. The molecule has 2 fully saturated rings. The first-order valence-electron chi connectivity index (χ1n) is 13.2. The predicted octanol–water partition coefficient (Wildman–Crippen LogP) is 7.36. The van der Waals surface area contributed by atoms with Crippen LogP contribution in [0.25, 0.3) is 0 Å². The molecule has 0 saturated heterocycles. The van der Waals surface area contributed by atoms with Gasteiger partial charge in [0.1, 0.15) is 24.3 Å². The van der Waals surface area contributed by atoms with Crippen LogP contribution in [0.3, 0.4) is 0 Å². The summed E-state index contributed by atoms with van der Waals surface area (Å²) in [4.78, 5) is 12.4. The van der Waals surface area contributed by atoms with E-state index in [4.69, 9.17) is 9.47 Å². The number of aryl methyl sites for hydroxylation is 1. The van der Waals surface area contributed by atoms with E-state index in [2.05, 4.69) is 32.0 Å². The van der Waals surface area contributed by atoms with Crippen LogP contribution in [0.15, 0.2) is 42.5 Å². The molecule has 2 saturated carbocycles. The van der Waals surface area contributed by atoms with Gasteiger partial charge in [0.15, 0.2) is 0 Å². The molecule has 2 aromatic rings. The average Bonchev–Trinajstić information content (AvgIpc) is 3.18.